The Bertz CT molecular complexity index is 212. The smallest absolute Gasteiger partial charge is 0.191 e. The summed E-state index contributed by atoms with van der Waals surface area (Å²) in [6.45, 7) is 14.5. The zero-order chi connectivity index (χ0) is 12.1. The largest absolute Gasteiger partial charge is 0.417 e. The number of allylic oxidation sites excluding steroid dienone is 2. The molecule has 0 saturated carbocycles. The van der Waals surface area contributed by atoms with Gasteiger partial charge in [-0.15, -0.1) is 0 Å². The average molecular weight is 340 g/mol. The Balaban J connectivity index is 3.82. The van der Waals surface area contributed by atoms with Gasteiger partial charge in [0.25, 0.3) is 0 Å². The third-order valence-corrected chi connectivity index (χ3v) is 8.02. The van der Waals surface area contributed by atoms with Crippen molar-refractivity contribution in [2.24, 2.45) is 0 Å². The van der Waals surface area contributed by atoms with E-state index in [1.807, 2.05) is 0 Å². The van der Waals surface area contributed by atoms with Crippen LogP contribution in [0, 0.1) is 0 Å². The highest BCUT2D eigenvalue weighted by Crippen LogP contribution is 2.36. The maximum Gasteiger partial charge on any atom is 0.191 e. The predicted molar refractivity (Wildman–Crippen MR) is 80.2 cm³/mol. The van der Waals surface area contributed by atoms with E-state index in [1.54, 1.807) is 0 Å². The molecule has 0 N–H and O–H groups in total. The summed E-state index contributed by atoms with van der Waals surface area (Å²) < 4.78 is 7.46. The van der Waals surface area contributed by atoms with Crippen LogP contribution in [0.2, 0.25) is 18.1 Å². The van der Waals surface area contributed by atoms with Gasteiger partial charge in [0.15, 0.2) is 8.32 Å². The lowest BCUT2D eigenvalue weighted by molar-refractivity contribution is 0.283. The molecule has 1 nitrogen and oxygen atoms in total. The van der Waals surface area contributed by atoms with Crippen LogP contribution in [0.25, 0.3) is 0 Å². The number of hydrogen-bond donors (Lipinski definition) is 0. The van der Waals surface area contributed by atoms with Crippen molar-refractivity contribution in [2.75, 3.05) is 6.61 Å². The summed E-state index contributed by atoms with van der Waals surface area (Å²) in [7, 11) is -1.50. The Morgan fingerprint density at radius 2 is 1.87 bits per heavy atom. The van der Waals surface area contributed by atoms with Crippen LogP contribution in [0.5, 0.6) is 0 Å². The molecule has 3 heteroatoms. The fourth-order valence-corrected chi connectivity index (χ4v) is 2.33. The van der Waals surface area contributed by atoms with Crippen molar-refractivity contribution in [1.29, 1.82) is 0 Å². The lowest BCUT2D eigenvalue weighted by atomic mass is 10.2. The second-order valence-electron chi connectivity index (χ2n) is 5.54. The molecule has 0 aliphatic rings. The quantitative estimate of drug-likeness (QED) is 0.383. The third kappa shape index (κ3) is 6.74. The van der Waals surface area contributed by atoms with E-state index >= 15 is 0 Å². The average Bonchev–Trinajstić information content (AvgIpc) is 2.00. The second-order valence-corrected chi connectivity index (χ2v) is 12.1. The minimum atomic E-state index is -1.50. The summed E-state index contributed by atoms with van der Waals surface area (Å²) >= 11 is 2.35. The lowest BCUT2D eigenvalue weighted by Gasteiger charge is -2.36. The van der Waals surface area contributed by atoms with Gasteiger partial charge in [-0.1, -0.05) is 26.8 Å². The number of halogens is 1. The van der Waals surface area contributed by atoms with Gasteiger partial charge in [0.05, 0.1) is 0 Å². The molecule has 0 rings (SSSR count). The number of hydrogen-bond acceptors (Lipinski definition) is 1. The van der Waals surface area contributed by atoms with Crippen LogP contribution in [0.4, 0.5) is 0 Å². The van der Waals surface area contributed by atoms with Crippen molar-refractivity contribution >= 4 is 30.9 Å². The summed E-state index contributed by atoms with van der Waals surface area (Å²) in [4.78, 5) is 0. The van der Waals surface area contributed by atoms with E-state index in [1.165, 1.54) is 3.58 Å². The zero-order valence-corrected chi connectivity index (χ0v) is 14.1. The topological polar surface area (TPSA) is 9.23 Å². The monoisotopic (exact) mass is 340 g/mol. The van der Waals surface area contributed by atoms with E-state index < -0.39 is 8.32 Å². The van der Waals surface area contributed by atoms with Crippen molar-refractivity contribution in [3.63, 3.8) is 0 Å². The Labute approximate surface area is 110 Å². The van der Waals surface area contributed by atoms with Gasteiger partial charge >= 0.3 is 0 Å². The molecule has 0 bridgehead atoms. The first-order valence-corrected chi connectivity index (χ1v) is 9.62. The van der Waals surface area contributed by atoms with Crippen molar-refractivity contribution < 1.29 is 4.43 Å². The molecule has 0 aromatic heterocycles. The van der Waals surface area contributed by atoms with Crippen LogP contribution in [-0.4, -0.2) is 14.9 Å². The van der Waals surface area contributed by atoms with Gasteiger partial charge in [0.1, 0.15) is 0 Å². The zero-order valence-electron chi connectivity index (χ0n) is 11.0. The number of rotatable bonds is 5. The molecule has 0 radical (unpaired) electrons. The maximum absolute atomic E-state index is 6.08. The minimum absolute atomic E-state index is 0.335. The van der Waals surface area contributed by atoms with Crippen LogP contribution in [-0.2, 0) is 4.43 Å². The first-order valence-electron chi connectivity index (χ1n) is 5.63. The molecular formula is C12H25IOSi. The summed E-state index contributed by atoms with van der Waals surface area (Å²) in [6, 6.07) is 0. The van der Waals surface area contributed by atoms with Gasteiger partial charge in [-0.25, -0.2) is 0 Å². The van der Waals surface area contributed by atoms with E-state index in [9.17, 15) is 0 Å². The minimum Gasteiger partial charge on any atom is -0.417 e. The van der Waals surface area contributed by atoms with E-state index in [4.69, 9.17) is 4.43 Å². The molecule has 90 valence electrons. The summed E-state index contributed by atoms with van der Waals surface area (Å²) in [6.07, 6.45) is 4.56. The van der Waals surface area contributed by atoms with Crippen LogP contribution in [0.15, 0.2) is 9.66 Å². The molecule has 0 amide bonds. The van der Waals surface area contributed by atoms with Gasteiger partial charge < -0.3 is 4.43 Å². The van der Waals surface area contributed by atoms with Gasteiger partial charge in [0.2, 0.25) is 0 Å². The van der Waals surface area contributed by atoms with E-state index in [0.717, 1.165) is 19.4 Å². The molecule has 0 unspecified atom stereocenters. The van der Waals surface area contributed by atoms with Crippen molar-refractivity contribution in [2.45, 2.75) is 58.7 Å². The summed E-state index contributed by atoms with van der Waals surface area (Å²) in [5.41, 5.74) is 0. The van der Waals surface area contributed by atoms with Gasteiger partial charge in [-0.3, -0.25) is 0 Å². The highest BCUT2D eigenvalue weighted by Gasteiger charge is 2.36. The van der Waals surface area contributed by atoms with Gasteiger partial charge in [-0.05, 0) is 64.1 Å². The fraction of sp³-hybridized carbons (Fsp3) is 0.833. The highest BCUT2D eigenvalue weighted by atomic mass is 127. The first-order chi connectivity index (χ1) is 6.67. The first kappa shape index (κ1) is 15.6. The Hall–Kier alpha value is 0.647. The van der Waals surface area contributed by atoms with E-state index in [0.29, 0.717) is 5.04 Å². The third-order valence-electron chi connectivity index (χ3n) is 3.04. The molecule has 0 saturated heterocycles. The Morgan fingerprint density at radius 3 is 2.27 bits per heavy atom. The molecule has 0 atom stereocenters. The maximum atomic E-state index is 6.08. The Morgan fingerprint density at radius 1 is 1.33 bits per heavy atom. The highest BCUT2D eigenvalue weighted by molar-refractivity contribution is 14.1. The molecule has 0 spiro atoms. The fourth-order valence-electron chi connectivity index (χ4n) is 0.928. The number of unbranched alkanes of at least 4 members (excludes halogenated alkanes) is 1. The SMILES string of the molecule is C/C(I)=C\CCCO[Si](C)(C)C(C)(C)C. The standard InChI is InChI=1S/C12H25IOSi/c1-11(13)9-7-8-10-14-15(5,6)12(2,3)4/h9H,7-8,10H2,1-6H3/b11-9+. The predicted octanol–water partition coefficient (Wildman–Crippen LogP) is 5.13. The van der Waals surface area contributed by atoms with Crippen molar-refractivity contribution in [1.82, 2.24) is 0 Å². The van der Waals surface area contributed by atoms with Gasteiger partial charge in [0, 0.05) is 6.61 Å². The van der Waals surface area contributed by atoms with Crippen LogP contribution < -0.4 is 0 Å². The molecule has 0 heterocycles. The Kier molecular flexibility index (Phi) is 6.67. The molecule has 0 fully saturated rings. The lowest BCUT2D eigenvalue weighted by Crippen LogP contribution is -2.40. The van der Waals surface area contributed by atoms with Crippen LogP contribution >= 0.6 is 22.6 Å². The normalized spacial score (nSPS) is 14.5. The molecular weight excluding hydrogens is 315 g/mol. The summed E-state index contributed by atoms with van der Waals surface area (Å²) in [5, 5.41) is 0.335. The summed E-state index contributed by atoms with van der Waals surface area (Å²) in [5.74, 6) is 0. The van der Waals surface area contributed by atoms with E-state index in [-0.39, 0.29) is 0 Å². The van der Waals surface area contributed by atoms with E-state index in [2.05, 4.69) is 69.5 Å². The molecule has 0 aromatic rings. The van der Waals surface area contributed by atoms with Crippen molar-refractivity contribution in [3.05, 3.63) is 9.66 Å². The molecule has 0 aromatic carbocycles. The molecule has 0 aliphatic heterocycles. The van der Waals surface area contributed by atoms with Crippen molar-refractivity contribution in [3.8, 4) is 0 Å². The van der Waals surface area contributed by atoms with Crippen LogP contribution in [0.3, 0.4) is 0 Å². The van der Waals surface area contributed by atoms with Crippen LogP contribution in [0.1, 0.15) is 40.5 Å². The molecule has 0 aliphatic carbocycles. The van der Waals surface area contributed by atoms with Gasteiger partial charge in [-0.2, -0.15) is 0 Å². The molecule has 15 heavy (non-hydrogen) atoms. The second kappa shape index (κ2) is 6.40.